The Morgan fingerprint density at radius 3 is 2.62 bits per heavy atom. The number of hydrogen-bond acceptors (Lipinski definition) is 4. The van der Waals surface area contributed by atoms with Gasteiger partial charge in [-0.15, -0.1) is 0 Å². The molecule has 1 aliphatic rings. The smallest absolute Gasteiger partial charge is 0.420 e. The number of anilines is 1. The van der Waals surface area contributed by atoms with Crippen molar-refractivity contribution in [2.45, 2.75) is 45.8 Å². The lowest BCUT2D eigenvalue weighted by Gasteiger charge is -2.19. The van der Waals surface area contributed by atoms with Crippen LogP contribution in [0, 0.1) is 29.4 Å². The molecule has 1 N–H and O–H groups in total. The molecule has 0 aliphatic heterocycles. The Labute approximate surface area is 193 Å². The highest BCUT2D eigenvalue weighted by Gasteiger charge is 2.23. The zero-order chi connectivity index (χ0) is 23.0. The first-order valence-corrected chi connectivity index (χ1v) is 11.0. The summed E-state index contributed by atoms with van der Waals surface area (Å²) in [6.45, 7) is 5.25. The van der Waals surface area contributed by atoms with E-state index < -0.39 is 23.3 Å². The molecule has 0 radical (unpaired) electrons. The molecular weight excluding hydrogens is 480 g/mol. The number of carbonyl (C=O) groups is 1. The van der Waals surface area contributed by atoms with Crippen LogP contribution in [0.1, 0.15) is 44.9 Å². The lowest BCUT2D eigenvalue weighted by molar-refractivity contribution is 0.0543. The number of nitrogens with one attached hydrogen (secondary N) is 1. The van der Waals surface area contributed by atoms with Crippen molar-refractivity contribution in [1.29, 1.82) is 0 Å². The molecule has 2 aromatic heterocycles. The SMILES string of the molecule is CC(C)(C)OC(=O)n1cc(Br)c2c(NCc3c(F)cccc3F)cc(C#CC3CC3)nc21. The Balaban J connectivity index is 1.78. The van der Waals surface area contributed by atoms with Crippen LogP contribution in [0.25, 0.3) is 11.0 Å². The third-order valence-corrected chi connectivity index (χ3v) is 5.40. The maximum absolute atomic E-state index is 14.1. The van der Waals surface area contributed by atoms with Crippen molar-refractivity contribution in [2.24, 2.45) is 5.92 Å². The summed E-state index contributed by atoms with van der Waals surface area (Å²) in [5.74, 6) is 5.29. The van der Waals surface area contributed by atoms with E-state index in [1.807, 2.05) is 0 Å². The number of pyridine rings is 1. The Morgan fingerprint density at radius 2 is 2.00 bits per heavy atom. The highest BCUT2D eigenvalue weighted by Crippen LogP contribution is 2.34. The first-order valence-electron chi connectivity index (χ1n) is 10.3. The second-order valence-corrected chi connectivity index (χ2v) is 9.53. The predicted molar refractivity (Wildman–Crippen MR) is 122 cm³/mol. The molecule has 3 aromatic rings. The van der Waals surface area contributed by atoms with Crippen molar-refractivity contribution in [3.05, 3.63) is 57.8 Å². The molecule has 0 bridgehead atoms. The highest BCUT2D eigenvalue weighted by molar-refractivity contribution is 9.10. The largest absolute Gasteiger partial charge is 0.443 e. The highest BCUT2D eigenvalue weighted by atomic mass is 79.9. The summed E-state index contributed by atoms with van der Waals surface area (Å²) in [4.78, 5) is 17.3. The van der Waals surface area contributed by atoms with Crippen molar-refractivity contribution >= 4 is 38.7 Å². The van der Waals surface area contributed by atoms with Gasteiger partial charge in [-0.25, -0.2) is 23.1 Å². The van der Waals surface area contributed by atoms with Crippen molar-refractivity contribution in [1.82, 2.24) is 9.55 Å². The Hall–Kier alpha value is -2.92. The van der Waals surface area contributed by atoms with Crippen molar-refractivity contribution in [3.63, 3.8) is 0 Å². The second kappa shape index (κ2) is 8.55. The predicted octanol–water partition coefficient (Wildman–Crippen LogP) is 6.23. The summed E-state index contributed by atoms with van der Waals surface area (Å²) in [7, 11) is 0. The van der Waals surface area contributed by atoms with Gasteiger partial charge in [0.2, 0.25) is 0 Å². The molecule has 1 aromatic carbocycles. The van der Waals surface area contributed by atoms with Crippen LogP contribution >= 0.6 is 15.9 Å². The maximum atomic E-state index is 14.1. The second-order valence-electron chi connectivity index (χ2n) is 8.68. The van der Waals surface area contributed by atoms with Crippen LogP contribution in [-0.2, 0) is 11.3 Å². The lowest BCUT2D eigenvalue weighted by Crippen LogP contribution is -2.27. The molecule has 0 saturated heterocycles. The Kier molecular flexibility index (Phi) is 5.95. The number of halogens is 3. The fraction of sp³-hybridized carbons (Fsp3) is 0.333. The van der Waals surface area contributed by atoms with Gasteiger partial charge in [-0.1, -0.05) is 12.0 Å². The van der Waals surface area contributed by atoms with Crippen LogP contribution in [0.5, 0.6) is 0 Å². The van der Waals surface area contributed by atoms with Gasteiger partial charge >= 0.3 is 6.09 Å². The van der Waals surface area contributed by atoms with E-state index in [1.54, 1.807) is 33.0 Å². The van der Waals surface area contributed by atoms with E-state index >= 15 is 0 Å². The van der Waals surface area contributed by atoms with Crippen LogP contribution in [0.4, 0.5) is 19.3 Å². The molecule has 4 rings (SSSR count). The standard InChI is InChI=1S/C24H22BrF2N3O2/c1-24(2,3)32-23(31)30-13-17(25)21-20(28-12-16-18(26)5-4-6-19(16)27)11-15(29-22(21)30)10-9-14-7-8-14/h4-6,11,13-14H,7-8,12H2,1-3H3,(H,28,29). The minimum Gasteiger partial charge on any atom is -0.443 e. The number of ether oxygens (including phenoxy) is 1. The summed E-state index contributed by atoms with van der Waals surface area (Å²) in [6, 6.07) is 5.47. The molecular formula is C24H22BrF2N3O2. The van der Waals surface area contributed by atoms with E-state index in [0.29, 0.717) is 32.8 Å². The van der Waals surface area contributed by atoms with Crippen LogP contribution < -0.4 is 5.32 Å². The lowest BCUT2D eigenvalue weighted by atomic mass is 10.1. The first kappa shape index (κ1) is 22.3. The van der Waals surface area contributed by atoms with Gasteiger partial charge in [0.1, 0.15) is 22.9 Å². The maximum Gasteiger partial charge on any atom is 0.420 e. The third kappa shape index (κ3) is 4.94. The van der Waals surface area contributed by atoms with Gasteiger partial charge in [-0.2, -0.15) is 0 Å². The first-order chi connectivity index (χ1) is 15.1. The topological polar surface area (TPSA) is 56.1 Å². The minimum absolute atomic E-state index is 0.0780. The number of carbonyl (C=O) groups excluding carboxylic acids is 1. The summed E-state index contributed by atoms with van der Waals surface area (Å²) in [5, 5.41) is 3.67. The fourth-order valence-corrected chi connectivity index (χ4v) is 3.72. The van der Waals surface area contributed by atoms with Crippen LogP contribution in [0.3, 0.4) is 0 Å². The van der Waals surface area contributed by atoms with Crippen molar-refractivity contribution in [2.75, 3.05) is 5.32 Å². The molecule has 5 nitrogen and oxygen atoms in total. The van der Waals surface area contributed by atoms with Gasteiger partial charge < -0.3 is 10.1 Å². The van der Waals surface area contributed by atoms with E-state index in [-0.39, 0.29) is 12.1 Å². The Bertz CT molecular complexity index is 1240. The molecule has 1 fully saturated rings. The van der Waals surface area contributed by atoms with E-state index in [4.69, 9.17) is 4.74 Å². The molecule has 0 atom stereocenters. The summed E-state index contributed by atoms with van der Waals surface area (Å²) >= 11 is 3.48. The minimum atomic E-state index is -0.688. The molecule has 32 heavy (non-hydrogen) atoms. The molecule has 1 aliphatic carbocycles. The molecule has 0 spiro atoms. The van der Waals surface area contributed by atoms with E-state index in [1.165, 1.54) is 22.8 Å². The van der Waals surface area contributed by atoms with E-state index in [0.717, 1.165) is 12.8 Å². The molecule has 0 unspecified atom stereocenters. The molecule has 2 heterocycles. The average molecular weight is 502 g/mol. The number of nitrogens with zero attached hydrogens (tertiary/aromatic N) is 2. The van der Waals surface area contributed by atoms with Crippen LogP contribution in [0.15, 0.2) is 34.9 Å². The number of fused-ring (bicyclic) bond motifs is 1. The number of rotatable bonds is 3. The van der Waals surface area contributed by atoms with Crippen LogP contribution in [-0.4, -0.2) is 21.2 Å². The summed E-state index contributed by atoms with van der Waals surface area (Å²) < 4.78 is 35.6. The molecule has 8 heteroatoms. The fourth-order valence-electron chi connectivity index (χ4n) is 3.12. The zero-order valence-corrected chi connectivity index (χ0v) is 19.5. The number of aromatic nitrogens is 2. The van der Waals surface area contributed by atoms with Gasteiger partial charge in [0.15, 0.2) is 5.65 Å². The monoisotopic (exact) mass is 501 g/mol. The van der Waals surface area contributed by atoms with Gasteiger partial charge in [0.25, 0.3) is 0 Å². The van der Waals surface area contributed by atoms with Gasteiger partial charge in [-0.3, -0.25) is 0 Å². The normalized spacial score (nSPS) is 13.6. The van der Waals surface area contributed by atoms with E-state index in [2.05, 4.69) is 38.1 Å². The van der Waals surface area contributed by atoms with Crippen molar-refractivity contribution < 1.29 is 18.3 Å². The van der Waals surface area contributed by atoms with Gasteiger partial charge in [0.05, 0.1) is 5.39 Å². The average Bonchev–Trinajstić information content (AvgIpc) is 3.47. The molecule has 1 saturated carbocycles. The van der Waals surface area contributed by atoms with Gasteiger partial charge in [0, 0.05) is 34.4 Å². The quantitative estimate of drug-likeness (QED) is 0.432. The number of benzene rings is 1. The summed E-state index contributed by atoms with van der Waals surface area (Å²) in [5.41, 5.74) is 0.576. The van der Waals surface area contributed by atoms with Crippen molar-refractivity contribution in [3.8, 4) is 11.8 Å². The summed E-state index contributed by atoms with van der Waals surface area (Å²) in [6.07, 6.45) is 3.11. The number of hydrogen-bond donors (Lipinski definition) is 1. The molecule has 166 valence electrons. The third-order valence-electron chi connectivity index (χ3n) is 4.80. The van der Waals surface area contributed by atoms with Gasteiger partial charge in [-0.05, 0) is 73.7 Å². The van der Waals surface area contributed by atoms with E-state index in [9.17, 15) is 13.6 Å². The van der Waals surface area contributed by atoms with Crippen LogP contribution in [0.2, 0.25) is 0 Å². The Morgan fingerprint density at radius 1 is 1.31 bits per heavy atom. The molecule has 0 amide bonds. The zero-order valence-electron chi connectivity index (χ0n) is 17.9.